The topological polar surface area (TPSA) is 54.5 Å². The van der Waals surface area contributed by atoms with Crippen LogP contribution in [0.5, 0.6) is 0 Å². The number of carbonyl (C=O) groups excluding carboxylic acids is 1. The summed E-state index contributed by atoms with van der Waals surface area (Å²) in [5, 5.41) is 0. The molecule has 1 aromatic carbocycles. The lowest BCUT2D eigenvalue weighted by molar-refractivity contribution is -0.137. The largest absolute Gasteiger partial charge is 0.324 e. The number of β-lactam (4-membered cyclic amide) rings is 1. The molecule has 80 valence electrons. The third-order valence-electron chi connectivity index (χ3n) is 2.32. The molecule has 0 aliphatic carbocycles. The Morgan fingerprint density at radius 2 is 1.87 bits per heavy atom. The van der Waals surface area contributed by atoms with E-state index in [0.29, 0.717) is 4.31 Å². The zero-order valence-electron chi connectivity index (χ0n) is 7.63. The van der Waals surface area contributed by atoms with Crippen molar-refractivity contribution in [2.24, 2.45) is 0 Å². The van der Waals surface area contributed by atoms with Crippen LogP contribution in [-0.4, -0.2) is 18.6 Å². The van der Waals surface area contributed by atoms with Gasteiger partial charge in [0.15, 0.2) is 0 Å². The molecule has 1 unspecified atom stereocenters. The lowest BCUT2D eigenvalue weighted by Gasteiger charge is -2.37. The second kappa shape index (κ2) is 3.50. The van der Waals surface area contributed by atoms with Crippen molar-refractivity contribution in [1.82, 2.24) is 4.31 Å². The average Bonchev–Trinajstić information content (AvgIpc) is 2.12. The van der Waals surface area contributed by atoms with Gasteiger partial charge >= 0.3 is 9.24 Å². The molecule has 1 fully saturated rings. The minimum Gasteiger partial charge on any atom is -0.274 e. The van der Waals surface area contributed by atoms with Gasteiger partial charge in [0.25, 0.3) is 0 Å². The van der Waals surface area contributed by atoms with Gasteiger partial charge in [0.05, 0.1) is 12.5 Å². The molecular formula is C9H8ClNO3S. The van der Waals surface area contributed by atoms with Crippen LogP contribution in [0.25, 0.3) is 0 Å². The summed E-state index contributed by atoms with van der Waals surface area (Å²) in [5.41, 5.74) is 0.779. The molecule has 0 bridgehead atoms. The zero-order valence-corrected chi connectivity index (χ0v) is 9.20. The van der Waals surface area contributed by atoms with Gasteiger partial charge in [0.1, 0.15) is 0 Å². The molecule has 1 aliphatic heterocycles. The van der Waals surface area contributed by atoms with Gasteiger partial charge in [-0.25, -0.2) is 4.31 Å². The van der Waals surface area contributed by atoms with Crippen molar-refractivity contribution >= 4 is 25.8 Å². The lowest BCUT2D eigenvalue weighted by Crippen LogP contribution is -2.47. The molecule has 6 heteroatoms. The van der Waals surface area contributed by atoms with E-state index in [9.17, 15) is 13.2 Å². The SMILES string of the molecule is O=C1CC(c2ccccc2)N1S(=O)(=O)Cl. The van der Waals surface area contributed by atoms with Crippen LogP contribution >= 0.6 is 10.7 Å². The molecule has 0 saturated carbocycles. The number of carbonyl (C=O) groups is 1. The van der Waals surface area contributed by atoms with Gasteiger partial charge in [0, 0.05) is 10.7 Å². The highest BCUT2D eigenvalue weighted by Crippen LogP contribution is 2.37. The van der Waals surface area contributed by atoms with E-state index in [1.165, 1.54) is 0 Å². The fourth-order valence-electron chi connectivity index (χ4n) is 1.60. The van der Waals surface area contributed by atoms with Crippen molar-refractivity contribution in [2.45, 2.75) is 12.5 Å². The molecule has 1 amide bonds. The van der Waals surface area contributed by atoms with E-state index in [-0.39, 0.29) is 6.42 Å². The molecule has 1 aliphatic rings. The third kappa shape index (κ3) is 1.85. The van der Waals surface area contributed by atoms with Crippen molar-refractivity contribution < 1.29 is 13.2 Å². The van der Waals surface area contributed by atoms with Crippen molar-refractivity contribution in [3.8, 4) is 0 Å². The van der Waals surface area contributed by atoms with Gasteiger partial charge in [-0.05, 0) is 5.56 Å². The van der Waals surface area contributed by atoms with E-state index < -0.39 is 21.2 Å². The van der Waals surface area contributed by atoms with Gasteiger partial charge in [0.2, 0.25) is 5.91 Å². The van der Waals surface area contributed by atoms with E-state index >= 15 is 0 Å². The summed E-state index contributed by atoms with van der Waals surface area (Å²) in [4.78, 5) is 11.1. The second-order valence-corrected chi connectivity index (χ2v) is 5.65. The van der Waals surface area contributed by atoms with E-state index in [1.807, 2.05) is 6.07 Å². The number of halogens is 1. The summed E-state index contributed by atoms with van der Waals surface area (Å²) in [6, 6.07) is 8.50. The lowest BCUT2D eigenvalue weighted by atomic mass is 9.97. The maximum atomic E-state index is 11.1. The fraction of sp³-hybridized carbons (Fsp3) is 0.222. The predicted octanol–water partition coefficient (Wildman–Crippen LogP) is 1.44. The number of hydrogen-bond acceptors (Lipinski definition) is 3. The highest BCUT2D eigenvalue weighted by Gasteiger charge is 2.44. The van der Waals surface area contributed by atoms with E-state index in [4.69, 9.17) is 10.7 Å². The van der Waals surface area contributed by atoms with Crippen molar-refractivity contribution in [2.75, 3.05) is 0 Å². The smallest absolute Gasteiger partial charge is 0.274 e. The van der Waals surface area contributed by atoms with Gasteiger partial charge in [-0.15, -0.1) is 0 Å². The minimum atomic E-state index is -3.96. The van der Waals surface area contributed by atoms with Crippen LogP contribution in [-0.2, 0) is 14.0 Å². The van der Waals surface area contributed by atoms with Crippen LogP contribution in [0.4, 0.5) is 0 Å². The Bertz CT molecular complexity index is 485. The van der Waals surface area contributed by atoms with Gasteiger partial charge < -0.3 is 0 Å². The van der Waals surface area contributed by atoms with E-state index in [2.05, 4.69) is 0 Å². The first-order valence-corrected chi connectivity index (χ1v) is 6.58. The molecule has 0 radical (unpaired) electrons. The maximum absolute atomic E-state index is 11.1. The molecule has 1 heterocycles. The third-order valence-corrected chi connectivity index (χ3v) is 3.69. The maximum Gasteiger partial charge on any atom is 0.324 e. The summed E-state index contributed by atoms with van der Waals surface area (Å²) in [5.74, 6) is -0.459. The van der Waals surface area contributed by atoms with Crippen LogP contribution in [0, 0.1) is 0 Å². The van der Waals surface area contributed by atoms with E-state index in [1.54, 1.807) is 24.3 Å². The van der Waals surface area contributed by atoms with Crippen molar-refractivity contribution in [1.29, 1.82) is 0 Å². The normalized spacial score (nSPS) is 21.3. The molecule has 4 nitrogen and oxygen atoms in total. The molecule has 2 rings (SSSR count). The summed E-state index contributed by atoms with van der Waals surface area (Å²) in [6.07, 6.45) is 0.190. The summed E-state index contributed by atoms with van der Waals surface area (Å²) in [7, 11) is 1.20. The minimum absolute atomic E-state index is 0.190. The second-order valence-electron chi connectivity index (χ2n) is 3.26. The first-order chi connectivity index (χ1) is 7.00. The highest BCUT2D eigenvalue weighted by atomic mass is 35.7. The van der Waals surface area contributed by atoms with Crippen LogP contribution in [0.15, 0.2) is 30.3 Å². The summed E-state index contributed by atoms with van der Waals surface area (Å²) < 4.78 is 22.9. The number of nitrogens with zero attached hydrogens (tertiary/aromatic N) is 1. The van der Waals surface area contributed by atoms with Crippen LogP contribution in [0.1, 0.15) is 18.0 Å². The molecule has 0 spiro atoms. The number of rotatable bonds is 2. The molecular weight excluding hydrogens is 238 g/mol. The molecule has 15 heavy (non-hydrogen) atoms. The summed E-state index contributed by atoms with van der Waals surface area (Å²) >= 11 is 0. The van der Waals surface area contributed by atoms with Crippen molar-refractivity contribution in [3.05, 3.63) is 35.9 Å². The Morgan fingerprint density at radius 1 is 1.27 bits per heavy atom. The molecule has 0 N–H and O–H groups in total. The molecule has 1 atom stereocenters. The fourth-order valence-corrected chi connectivity index (χ4v) is 2.94. The standard InChI is InChI=1S/C9H8ClNO3S/c10-15(13,14)11-8(6-9(11)12)7-4-2-1-3-5-7/h1-5,8H,6H2. The highest BCUT2D eigenvalue weighted by molar-refractivity contribution is 8.12. The van der Waals surface area contributed by atoms with Gasteiger partial charge in [-0.2, -0.15) is 8.42 Å². The van der Waals surface area contributed by atoms with Crippen LogP contribution < -0.4 is 0 Å². The van der Waals surface area contributed by atoms with Crippen molar-refractivity contribution in [3.63, 3.8) is 0 Å². The van der Waals surface area contributed by atoms with Crippen LogP contribution in [0.3, 0.4) is 0 Å². The molecule has 1 saturated heterocycles. The Labute approximate surface area is 92.0 Å². The summed E-state index contributed by atoms with van der Waals surface area (Å²) in [6.45, 7) is 0. The number of benzene rings is 1. The monoisotopic (exact) mass is 245 g/mol. The average molecular weight is 246 g/mol. The Kier molecular flexibility index (Phi) is 2.44. The Balaban J connectivity index is 2.31. The first-order valence-electron chi connectivity index (χ1n) is 4.32. The first kappa shape index (κ1) is 10.4. The van der Waals surface area contributed by atoms with Gasteiger partial charge in [-0.3, -0.25) is 4.79 Å². The predicted molar refractivity (Wildman–Crippen MR) is 55.4 cm³/mol. The molecule has 1 aromatic rings. The van der Waals surface area contributed by atoms with Gasteiger partial charge in [-0.1, -0.05) is 30.3 Å². The quantitative estimate of drug-likeness (QED) is 0.585. The molecule has 0 aromatic heterocycles. The number of amides is 1. The zero-order chi connectivity index (χ0) is 11.1. The van der Waals surface area contributed by atoms with E-state index in [0.717, 1.165) is 5.56 Å². The van der Waals surface area contributed by atoms with Crippen LogP contribution in [0.2, 0.25) is 0 Å². The number of hydrogen-bond donors (Lipinski definition) is 0. The Hall–Kier alpha value is -1.07. The Morgan fingerprint density at radius 3 is 2.33 bits per heavy atom.